The zero-order chi connectivity index (χ0) is 31.5. The van der Waals surface area contributed by atoms with Crippen molar-refractivity contribution in [3.05, 3.63) is 89.5 Å². The molecule has 12 heteroatoms. The average molecular weight is 620 g/mol. The normalized spacial score (nSPS) is 16.6. The lowest BCUT2D eigenvalue weighted by molar-refractivity contribution is -0.274. The summed E-state index contributed by atoms with van der Waals surface area (Å²) in [5, 5.41) is 4.07. The van der Waals surface area contributed by atoms with Crippen molar-refractivity contribution in [1.29, 1.82) is 0 Å². The van der Waals surface area contributed by atoms with Crippen LogP contribution in [-0.2, 0) is 10.2 Å². The standard InChI is InChI=1S/C32H31F6N3O3/c33-31(34,35)40-29(43)30(25-12-4-1-9-22(25)23-10-2-5-13-26(23)30)17-7-8-18-41-19-15-21(16-20-41)39-28(42)24-11-3-6-14-27(24)44-32(36,37)38/h1-6,9-14,21H,7-8,15-20H2,(H,39,42)(H,40,43). The number of hydrogen-bond acceptors (Lipinski definition) is 4. The van der Waals surface area contributed by atoms with Crippen molar-refractivity contribution in [3.63, 3.8) is 0 Å². The predicted molar refractivity (Wildman–Crippen MR) is 151 cm³/mol. The summed E-state index contributed by atoms with van der Waals surface area (Å²) in [5.41, 5.74) is 0.926. The van der Waals surface area contributed by atoms with Crippen molar-refractivity contribution in [1.82, 2.24) is 15.5 Å². The molecule has 44 heavy (non-hydrogen) atoms. The van der Waals surface area contributed by atoms with E-state index in [0.717, 1.165) is 17.2 Å². The molecule has 234 valence electrons. The van der Waals surface area contributed by atoms with Crippen LogP contribution in [0.25, 0.3) is 11.1 Å². The van der Waals surface area contributed by atoms with Crippen molar-refractivity contribution in [2.75, 3.05) is 19.6 Å². The molecule has 2 amide bonds. The number of para-hydroxylation sites is 1. The highest BCUT2D eigenvalue weighted by atomic mass is 19.4. The summed E-state index contributed by atoms with van der Waals surface area (Å²) in [6, 6.07) is 19.1. The van der Waals surface area contributed by atoms with Gasteiger partial charge in [-0.3, -0.25) is 14.9 Å². The third kappa shape index (κ3) is 6.85. The van der Waals surface area contributed by atoms with Gasteiger partial charge in [0.1, 0.15) is 11.2 Å². The van der Waals surface area contributed by atoms with Crippen LogP contribution in [0.4, 0.5) is 26.3 Å². The quantitative estimate of drug-likeness (QED) is 0.162. The van der Waals surface area contributed by atoms with Gasteiger partial charge in [0.05, 0.1) is 5.56 Å². The van der Waals surface area contributed by atoms with E-state index in [1.807, 2.05) is 12.1 Å². The Morgan fingerprint density at radius 3 is 1.98 bits per heavy atom. The average Bonchev–Trinajstić information content (AvgIpc) is 3.25. The second kappa shape index (κ2) is 12.5. The first-order valence-corrected chi connectivity index (χ1v) is 14.3. The molecule has 2 aliphatic rings. The molecule has 1 aliphatic heterocycles. The maximum atomic E-state index is 13.4. The summed E-state index contributed by atoms with van der Waals surface area (Å²) in [7, 11) is 0. The van der Waals surface area contributed by atoms with Gasteiger partial charge in [-0.25, -0.2) is 0 Å². The summed E-state index contributed by atoms with van der Waals surface area (Å²) in [5.74, 6) is -2.31. The number of carbonyl (C=O) groups is 2. The Morgan fingerprint density at radius 1 is 0.818 bits per heavy atom. The van der Waals surface area contributed by atoms with Crippen LogP contribution in [0.1, 0.15) is 53.6 Å². The highest BCUT2D eigenvalue weighted by molar-refractivity contribution is 6.00. The summed E-state index contributed by atoms with van der Waals surface area (Å²) in [4.78, 5) is 28.3. The van der Waals surface area contributed by atoms with Gasteiger partial charge in [-0.2, -0.15) is 13.2 Å². The van der Waals surface area contributed by atoms with Crippen molar-refractivity contribution < 1.29 is 40.7 Å². The van der Waals surface area contributed by atoms with Gasteiger partial charge in [0.25, 0.3) is 5.91 Å². The van der Waals surface area contributed by atoms with E-state index in [-0.39, 0.29) is 18.0 Å². The van der Waals surface area contributed by atoms with Crippen LogP contribution in [0.2, 0.25) is 0 Å². The van der Waals surface area contributed by atoms with Crippen LogP contribution in [0.5, 0.6) is 5.75 Å². The number of halogens is 6. The molecule has 3 aromatic rings. The van der Waals surface area contributed by atoms with Gasteiger partial charge in [0.2, 0.25) is 5.91 Å². The molecule has 1 heterocycles. The van der Waals surface area contributed by atoms with Crippen LogP contribution in [0.3, 0.4) is 0 Å². The first-order valence-electron chi connectivity index (χ1n) is 14.3. The minimum absolute atomic E-state index is 0.189. The third-order valence-corrected chi connectivity index (χ3v) is 8.26. The Hall–Kier alpha value is -4.06. The summed E-state index contributed by atoms with van der Waals surface area (Å²) < 4.78 is 82.4. The smallest absolute Gasteiger partial charge is 0.405 e. The minimum Gasteiger partial charge on any atom is -0.405 e. The van der Waals surface area contributed by atoms with E-state index in [1.165, 1.54) is 23.5 Å². The number of nitrogens with zero attached hydrogens (tertiary/aromatic N) is 1. The number of likely N-dealkylation sites (tertiary alicyclic amines) is 1. The molecule has 0 bridgehead atoms. The molecule has 0 aromatic heterocycles. The molecule has 0 unspecified atom stereocenters. The molecule has 0 radical (unpaired) electrons. The molecule has 1 aliphatic carbocycles. The lowest BCUT2D eigenvalue weighted by atomic mass is 9.73. The fourth-order valence-corrected chi connectivity index (χ4v) is 6.35. The van der Waals surface area contributed by atoms with Gasteiger partial charge in [-0.1, -0.05) is 67.1 Å². The number of ether oxygens (including phenoxy) is 1. The first-order chi connectivity index (χ1) is 20.9. The molecule has 3 aromatic carbocycles. The minimum atomic E-state index is -4.92. The maximum Gasteiger partial charge on any atom is 0.573 e. The Bertz CT molecular complexity index is 1450. The highest BCUT2D eigenvalue weighted by Gasteiger charge is 2.51. The van der Waals surface area contributed by atoms with Crippen molar-refractivity contribution >= 4 is 11.8 Å². The van der Waals surface area contributed by atoms with Gasteiger partial charge in [-0.05, 0) is 66.6 Å². The molecular weight excluding hydrogens is 588 g/mol. The Labute approximate surface area is 250 Å². The number of amides is 2. The van der Waals surface area contributed by atoms with E-state index in [1.54, 1.807) is 36.4 Å². The number of fused-ring (bicyclic) bond motifs is 3. The second-order valence-corrected chi connectivity index (χ2v) is 11.0. The van der Waals surface area contributed by atoms with E-state index in [0.29, 0.717) is 56.4 Å². The molecule has 5 rings (SSSR count). The van der Waals surface area contributed by atoms with Gasteiger partial charge in [-0.15, -0.1) is 13.2 Å². The Morgan fingerprint density at radius 2 is 1.39 bits per heavy atom. The monoisotopic (exact) mass is 619 g/mol. The summed E-state index contributed by atoms with van der Waals surface area (Å²) >= 11 is 0. The number of unbranched alkanes of at least 4 members (excludes halogenated alkanes) is 1. The van der Waals surface area contributed by atoms with E-state index >= 15 is 0 Å². The van der Waals surface area contributed by atoms with E-state index in [9.17, 15) is 35.9 Å². The number of piperidine rings is 1. The molecule has 0 atom stereocenters. The van der Waals surface area contributed by atoms with E-state index < -0.39 is 35.6 Å². The van der Waals surface area contributed by atoms with Crippen molar-refractivity contribution in [2.24, 2.45) is 0 Å². The SMILES string of the molecule is O=C(NC1CCN(CCCCC2(C(=O)NC(F)(F)F)c3ccccc3-c3ccccc32)CC1)c1ccccc1OC(F)(F)F. The summed E-state index contributed by atoms with van der Waals surface area (Å²) in [6.07, 6.45) is -7.34. The highest BCUT2D eigenvalue weighted by Crippen LogP contribution is 2.51. The molecule has 1 saturated heterocycles. The Kier molecular flexibility index (Phi) is 8.92. The topological polar surface area (TPSA) is 70.7 Å². The van der Waals surface area contributed by atoms with Gasteiger partial charge < -0.3 is 15.0 Å². The number of benzene rings is 3. The van der Waals surface area contributed by atoms with Crippen LogP contribution >= 0.6 is 0 Å². The largest absolute Gasteiger partial charge is 0.573 e. The van der Waals surface area contributed by atoms with E-state index in [2.05, 4.69) is 15.0 Å². The molecule has 0 saturated carbocycles. The zero-order valence-corrected chi connectivity index (χ0v) is 23.6. The molecule has 2 N–H and O–H groups in total. The van der Waals surface area contributed by atoms with Crippen molar-refractivity contribution in [2.45, 2.75) is 56.2 Å². The number of rotatable bonds is 9. The predicted octanol–water partition coefficient (Wildman–Crippen LogP) is 6.55. The van der Waals surface area contributed by atoms with Gasteiger partial charge in [0.15, 0.2) is 0 Å². The van der Waals surface area contributed by atoms with Crippen LogP contribution in [0, 0.1) is 0 Å². The van der Waals surface area contributed by atoms with Crippen LogP contribution < -0.4 is 15.4 Å². The van der Waals surface area contributed by atoms with E-state index in [4.69, 9.17) is 0 Å². The Balaban J connectivity index is 1.18. The lowest BCUT2D eigenvalue weighted by Gasteiger charge is -2.33. The number of nitrogens with one attached hydrogen (secondary N) is 2. The fraction of sp³-hybridized carbons (Fsp3) is 0.375. The number of carbonyl (C=O) groups excluding carboxylic acids is 2. The molecule has 0 spiro atoms. The summed E-state index contributed by atoms with van der Waals surface area (Å²) in [6.45, 7) is 1.89. The lowest BCUT2D eigenvalue weighted by Crippen LogP contribution is -2.49. The number of alkyl halides is 6. The fourth-order valence-electron chi connectivity index (χ4n) is 6.35. The maximum absolute atomic E-state index is 13.4. The molecule has 6 nitrogen and oxygen atoms in total. The van der Waals surface area contributed by atoms with Crippen LogP contribution in [0.15, 0.2) is 72.8 Å². The van der Waals surface area contributed by atoms with Crippen molar-refractivity contribution in [3.8, 4) is 16.9 Å². The van der Waals surface area contributed by atoms with Crippen LogP contribution in [-0.4, -0.2) is 55.1 Å². The second-order valence-electron chi connectivity index (χ2n) is 11.0. The number of hydrogen-bond donors (Lipinski definition) is 2. The zero-order valence-electron chi connectivity index (χ0n) is 23.6. The molecule has 1 fully saturated rings. The third-order valence-electron chi connectivity index (χ3n) is 8.26. The van der Waals surface area contributed by atoms with Gasteiger partial charge in [0, 0.05) is 19.1 Å². The first kappa shape index (κ1) is 31.4. The molecular formula is C32H31F6N3O3. The van der Waals surface area contributed by atoms with Gasteiger partial charge >= 0.3 is 12.7 Å².